The van der Waals surface area contributed by atoms with Crippen molar-refractivity contribution in [3.8, 4) is 0 Å². The zero-order valence-corrected chi connectivity index (χ0v) is 28.8. The van der Waals surface area contributed by atoms with Gasteiger partial charge in [0.1, 0.15) is 5.82 Å². The Morgan fingerprint density at radius 1 is 0.878 bits per heavy atom. The summed E-state index contributed by atoms with van der Waals surface area (Å²) in [7, 11) is 3.17. The zero-order valence-electron chi connectivity index (χ0n) is 27.1. The van der Waals surface area contributed by atoms with Crippen molar-refractivity contribution in [2.24, 2.45) is 0 Å². The van der Waals surface area contributed by atoms with Crippen molar-refractivity contribution in [3.05, 3.63) is 166 Å². The first-order valence-corrected chi connectivity index (χ1v) is 18.3. The number of carbonyl (C=O) groups is 1. The molecular weight excluding hydrogens is 661 g/mol. The van der Waals surface area contributed by atoms with Gasteiger partial charge in [0.05, 0.1) is 18.2 Å². The molecule has 1 aliphatic heterocycles. The highest BCUT2D eigenvalue weighted by Gasteiger charge is 2.47. The van der Waals surface area contributed by atoms with Crippen LogP contribution in [0, 0.1) is 0 Å². The van der Waals surface area contributed by atoms with Crippen LogP contribution in [0.5, 0.6) is 0 Å². The van der Waals surface area contributed by atoms with Gasteiger partial charge in [0.25, 0.3) is 5.91 Å². The molecule has 12 heteroatoms. The molecule has 1 amide bonds. The quantitative estimate of drug-likeness (QED) is 0.121. The lowest BCUT2D eigenvalue weighted by Gasteiger charge is -2.50. The Bertz CT molecular complexity index is 1870. The number of amides is 1. The molecule has 0 bridgehead atoms. The lowest BCUT2D eigenvalue weighted by molar-refractivity contribution is -0.148. The van der Waals surface area contributed by atoms with Gasteiger partial charge in [-0.1, -0.05) is 109 Å². The molecule has 0 spiro atoms. The summed E-state index contributed by atoms with van der Waals surface area (Å²) in [6.45, 7) is -3.13. The molecule has 0 radical (unpaired) electrons. The Morgan fingerprint density at radius 3 is 1.88 bits per heavy atom. The van der Waals surface area contributed by atoms with E-state index in [2.05, 4.69) is 51.6 Å². The van der Waals surface area contributed by atoms with E-state index in [-0.39, 0.29) is 24.9 Å². The molecule has 6 rings (SSSR count). The first kappa shape index (κ1) is 34.5. The number of morpholine rings is 1. The molecule has 49 heavy (non-hydrogen) atoms. The zero-order chi connectivity index (χ0) is 34.4. The van der Waals surface area contributed by atoms with Crippen molar-refractivity contribution in [1.29, 1.82) is 0 Å². The van der Waals surface area contributed by atoms with E-state index in [9.17, 15) is 14.2 Å². The van der Waals surface area contributed by atoms with Gasteiger partial charge in [0.15, 0.2) is 6.23 Å². The maximum Gasteiger partial charge on any atom is 0.362 e. The largest absolute Gasteiger partial charge is 0.362 e. The number of ether oxygens (including phenoxy) is 1. The summed E-state index contributed by atoms with van der Waals surface area (Å²) in [6, 6.07) is 40.8. The molecule has 0 saturated carbocycles. The number of nitrogens with one attached hydrogen (secondary N) is 1. The van der Waals surface area contributed by atoms with Crippen molar-refractivity contribution in [1.82, 2.24) is 19.1 Å². The van der Waals surface area contributed by atoms with Crippen LogP contribution in [0.4, 0.5) is 5.82 Å². The van der Waals surface area contributed by atoms with Gasteiger partial charge in [0.2, 0.25) is 0 Å². The SMILES string of the molecule is CN(C)[P@@](=O)(Cl)OC[C@@H]1CN(C(c2ccccc2)(c2ccccc2)c2ccccc2)CC(n2ccc(NC(=O)c3ccccc3)nc2=O)O1. The fourth-order valence-corrected chi connectivity index (χ4v) is 6.94. The Balaban J connectivity index is 1.43. The second kappa shape index (κ2) is 15.0. The Kier molecular flexibility index (Phi) is 10.6. The monoisotopic (exact) mass is 697 g/mol. The minimum Gasteiger partial charge on any atom is -0.350 e. The van der Waals surface area contributed by atoms with Gasteiger partial charge in [-0.3, -0.25) is 18.8 Å². The van der Waals surface area contributed by atoms with Crippen molar-refractivity contribution in [2.45, 2.75) is 17.9 Å². The Hall–Kier alpha value is -4.41. The molecule has 1 aliphatic rings. The second-order valence-electron chi connectivity index (χ2n) is 11.8. The number of hydrogen-bond donors (Lipinski definition) is 1. The highest BCUT2D eigenvalue weighted by atomic mass is 35.7. The van der Waals surface area contributed by atoms with Crippen LogP contribution in [0.15, 0.2) is 138 Å². The number of halogens is 1. The van der Waals surface area contributed by atoms with Crippen LogP contribution in [-0.2, 0) is 19.4 Å². The summed E-state index contributed by atoms with van der Waals surface area (Å²) in [5.41, 5.74) is 2.02. The Labute approximate surface area is 290 Å². The molecule has 1 fully saturated rings. The summed E-state index contributed by atoms with van der Waals surface area (Å²) in [6.07, 6.45) is 0.0558. The van der Waals surface area contributed by atoms with Gasteiger partial charge < -0.3 is 14.6 Å². The fraction of sp³-hybridized carbons (Fsp3) is 0.216. The normalized spacial score (nSPS) is 18.1. The number of hydrogen-bond acceptors (Lipinski definition) is 7. The lowest BCUT2D eigenvalue weighted by Crippen LogP contribution is -2.58. The summed E-state index contributed by atoms with van der Waals surface area (Å²) in [5.74, 6) is -0.267. The molecule has 1 saturated heterocycles. The van der Waals surface area contributed by atoms with E-state index in [1.807, 2.05) is 60.7 Å². The van der Waals surface area contributed by atoms with E-state index in [1.165, 1.54) is 9.24 Å². The molecular formula is C37H37ClN5O5P. The first-order valence-electron chi connectivity index (χ1n) is 15.8. The number of aromatic nitrogens is 2. The van der Waals surface area contributed by atoms with Crippen molar-refractivity contribution in [3.63, 3.8) is 0 Å². The summed E-state index contributed by atoms with van der Waals surface area (Å²) in [5, 5.41) is 2.70. The number of benzene rings is 4. The number of anilines is 1. The lowest BCUT2D eigenvalue weighted by atomic mass is 9.75. The molecule has 1 aromatic heterocycles. The second-order valence-corrected chi connectivity index (χ2v) is 15.1. The van der Waals surface area contributed by atoms with Crippen molar-refractivity contribution >= 4 is 29.8 Å². The Morgan fingerprint density at radius 2 is 1.39 bits per heavy atom. The van der Waals surface area contributed by atoms with Crippen LogP contribution >= 0.6 is 18.1 Å². The van der Waals surface area contributed by atoms with Crippen molar-refractivity contribution in [2.75, 3.05) is 39.1 Å². The van der Waals surface area contributed by atoms with Gasteiger partial charge >= 0.3 is 12.6 Å². The third-order valence-electron chi connectivity index (χ3n) is 8.51. The number of carbonyl (C=O) groups excluding carboxylic acids is 1. The van der Waals surface area contributed by atoms with Crippen LogP contribution in [0.1, 0.15) is 33.3 Å². The summed E-state index contributed by atoms with van der Waals surface area (Å²) in [4.78, 5) is 32.9. The van der Waals surface area contributed by atoms with Gasteiger partial charge in [-0.15, -0.1) is 0 Å². The average Bonchev–Trinajstić information content (AvgIpc) is 3.13. The van der Waals surface area contributed by atoms with E-state index in [1.54, 1.807) is 50.6 Å². The van der Waals surface area contributed by atoms with E-state index < -0.39 is 30.4 Å². The van der Waals surface area contributed by atoms with Crippen molar-refractivity contribution < 1.29 is 18.6 Å². The minimum absolute atomic E-state index is 0.103. The van der Waals surface area contributed by atoms with E-state index >= 15 is 0 Å². The van der Waals surface area contributed by atoms with Crippen LogP contribution in [0.25, 0.3) is 0 Å². The molecule has 2 heterocycles. The third kappa shape index (κ3) is 7.45. The smallest absolute Gasteiger partial charge is 0.350 e. The first-order chi connectivity index (χ1) is 23.7. The number of nitrogens with zero attached hydrogens (tertiary/aromatic N) is 4. The number of rotatable bonds is 11. The molecule has 5 aromatic rings. The molecule has 1 N–H and O–H groups in total. The highest BCUT2D eigenvalue weighted by Crippen LogP contribution is 2.54. The van der Waals surface area contributed by atoms with Crippen LogP contribution in [-0.4, -0.2) is 64.9 Å². The van der Waals surface area contributed by atoms with Crippen LogP contribution < -0.4 is 11.0 Å². The predicted octanol–water partition coefficient (Wildman–Crippen LogP) is 6.61. The maximum absolute atomic E-state index is 13.6. The van der Waals surface area contributed by atoms with E-state index in [0.717, 1.165) is 16.7 Å². The van der Waals surface area contributed by atoms with Crippen LogP contribution in [0.3, 0.4) is 0 Å². The molecule has 10 nitrogen and oxygen atoms in total. The van der Waals surface area contributed by atoms with Gasteiger partial charge in [0, 0.05) is 24.8 Å². The van der Waals surface area contributed by atoms with E-state index in [4.69, 9.17) is 20.5 Å². The van der Waals surface area contributed by atoms with Crippen LogP contribution in [0.2, 0.25) is 0 Å². The molecule has 252 valence electrons. The topological polar surface area (TPSA) is 106 Å². The fourth-order valence-electron chi connectivity index (χ4n) is 6.19. The molecule has 4 aromatic carbocycles. The highest BCUT2D eigenvalue weighted by molar-refractivity contribution is 7.83. The van der Waals surface area contributed by atoms with Gasteiger partial charge in [-0.25, -0.2) is 9.46 Å². The standard InChI is InChI=1S/C37H37ClN5O5P/c1-41(2)49(38,46)47-27-32-25-42(26-34(48-32)43-24-23-33(40-36(43)45)39-35(44)28-15-7-3-8-16-28)37(29-17-9-4-10-18-29,30-19-11-5-12-20-30)31-21-13-6-14-22-31/h3-24,32,34H,25-27H2,1-2H3,(H,39,40,44,45)/t32-,34?,49+/m0/s1. The third-order valence-corrected chi connectivity index (χ3v) is 11.1. The predicted molar refractivity (Wildman–Crippen MR) is 191 cm³/mol. The van der Waals surface area contributed by atoms with E-state index in [0.29, 0.717) is 12.1 Å². The minimum atomic E-state index is -3.63. The summed E-state index contributed by atoms with van der Waals surface area (Å²) < 4.78 is 28.1. The summed E-state index contributed by atoms with van der Waals surface area (Å²) >= 11 is 6.28. The maximum atomic E-state index is 13.6. The van der Waals surface area contributed by atoms with Gasteiger partial charge in [-0.2, -0.15) is 4.98 Å². The molecule has 1 unspecified atom stereocenters. The molecule has 0 aliphatic carbocycles. The average molecular weight is 698 g/mol. The molecule has 3 atom stereocenters. The van der Waals surface area contributed by atoms with Gasteiger partial charge in [-0.05, 0) is 60.2 Å².